The molecule has 0 amide bonds. The molecule has 2 rings (SSSR count). The van der Waals surface area contributed by atoms with Crippen LogP contribution in [0.2, 0.25) is 0 Å². The fraction of sp³-hybridized carbons (Fsp3) is 0.357. The summed E-state index contributed by atoms with van der Waals surface area (Å²) >= 11 is 0. The van der Waals surface area contributed by atoms with Crippen LogP contribution in [0.5, 0.6) is 0 Å². The summed E-state index contributed by atoms with van der Waals surface area (Å²) in [6, 6.07) is 8.33. The first-order valence-corrected chi connectivity index (χ1v) is 6.14. The molecule has 0 fully saturated rings. The summed E-state index contributed by atoms with van der Waals surface area (Å²) < 4.78 is 5.08. The number of ether oxygens (including phenoxy) is 1. The highest BCUT2D eigenvalue weighted by Gasteiger charge is 2.12. The molecule has 0 aliphatic carbocycles. The SMILES string of the molecule is COCCCC(NN)c1cncc2ccccc12. The fourth-order valence-electron chi connectivity index (χ4n) is 2.18. The van der Waals surface area contributed by atoms with Crippen LogP contribution in [0.1, 0.15) is 24.4 Å². The van der Waals surface area contributed by atoms with Crippen molar-refractivity contribution in [3.63, 3.8) is 0 Å². The average molecular weight is 245 g/mol. The molecule has 0 radical (unpaired) electrons. The van der Waals surface area contributed by atoms with E-state index < -0.39 is 0 Å². The quantitative estimate of drug-likeness (QED) is 0.465. The zero-order valence-corrected chi connectivity index (χ0v) is 10.6. The van der Waals surface area contributed by atoms with E-state index >= 15 is 0 Å². The maximum atomic E-state index is 5.66. The van der Waals surface area contributed by atoms with Gasteiger partial charge in [-0.15, -0.1) is 0 Å². The lowest BCUT2D eigenvalue weighted by Crippen LogP contribution is -2.28. The molecule has 4 nitrogen and oxygen atoms in total. The van der Waals surface area contributed by atoms with Crippen molar-refractivity contribution in [3.8, 4) is 0 Å². The molecule has 3 N–H and O–H groups in total. The first-order chi connectivity index (χ1) is 8.86. The van der Waals surface area contributed by atoms with Gasteiger partial charge in [0.05, 0.1) is 0 Å². The molecule has 1 unspecified atom stereocenters. The van der Waals surface area contributed by atoms with Crippen molar-refractivity contribution in [1.29, 1.82) is 0 Å². The molecule has 0 spiro atoms. The largest absolute Gasteiger partial charge is 0.385 e. The lowest BCUT2D eigenvalue weighted by Gasteiger charge is -2.17. The fourth-order valence-corrected chi connectivity index (χ4v) is 2.18. The van der Waals surface area contributed by atoms with E-state index in [9.17, 15) is 0 Å². The number of methoxy groups -OCH3 is 1. The van der Waals surface area contributed by atoms with Gasteiger partial charge in [0.15, 0.2) is 0 Å². The van der Waals surface area contributed by atoms with Crippen LogP contribution in [0.15, 0.2) is 36.7 Å². The molecule has 0 saturated heterocycles. The Bertz CT molecular complexity index is 496. The minimum atomic E-state index is 0.110. The van der Waals surface area contributed by atoms with Crippen LogP contribution >= 0.6 is 0 Å². The summed E-state index contributed by atoms with van der Waals surface area (Å²) in [5.41, 5.74) is 4.02. The van der Waals surface area contributed by atoms with Gasteiger partial charge in [0.2, 0.25) is 0 Å². The molecule has 0 saturated carbocycles. The Morgan fingerprint density at radius 2 is 2.17 bits per heavy atom. The van der Waals surface area contributed by atoms with E-state index in [0.717, 1.165) is 30.4 Å². The van der Waals surface area contributed by atoms with Crippen LogP contribution in [0.3, 0.4) is 0 Å². The Morgan fingerprint density at radius 1 is 1.33 bits per heavy atom. The Hall–Kier alpha value is -1.49. The maximum absolute atomic E-state index is 5.66. The van der Waals surface area contributed by atoms with Gasteiger partial charge in [-0.3, -0.25) is 16.3 Å². The number of hydrazine groups is 1. The van der Waals surface area contributed by atoms with Crippen molar-refractivity contribution in [1.82, 2.24) is 10.4 Å². The number of benzene rings is 1. The standard InChI is InChI=1S/C14H19N3O/c1-18-8-4-7-14(17-15)13-10-16-9-11-5-2-3-6-12(11)13/h2-3,5-6,9-10,14,17H,4,7-8,15H2,1H3. The third kappa shape index (κ3) is 2.85. The molecule has 1 aromatic heterocycles. The molecule has 1 heterocycles. The third-order valence-electron chi connectivity index (χ3n) is 3.12. The van der Waals surface area contributed by atoms with Crippen molar-refractivity contribution in [2.24, 2.45) is 5.84 Å². The zero-order valence-electron chi connectivity index (χ0n) is 10.6. The number of nitrogens with two attached hydrogens (primary N) is 1. The van der Waals surface area contributed by atoms with Crippen LogP contribution in [0, 0.1) is 0 Å². The summed E-state index contributed by atoms with van der Waals surface area (Å²) in [7, 11) is 1.71. The van der Waals surface area contributed by atoms with Crippen LogP contribution < -0.4 is 11.3 Å². The zero-order chi connectivity index (χ0) is 12.8. The van der Waals surface area contributed by atoms with Crippen LogP contribution in [0.4, 0.5) is 0 Å². The summed E-state index contributed by atoms with van der Waals surface area (Å²) in [5.74, 6) is 5.66. The van der Waals surface area contributed by atoms with Crippen molar-refractivity contribution < 1.29 is 4.74 Å². The normalized spacial score (nSPS) is 12.8. The molecular formula is C14H19N3O. The van der Waals surface area contributed by atoms with Gasteiger partial charge in [-0.2, -0.15) is 0 Å². The molecule has 1 atom stereocenters. The van der Waals surface area contributed by atoms with Gasteiger partial charge in [-0.1, -0.05) is 24.3 Å². The minimum Gasteiger partial charge on any atom is -0.385 e. The third-order valence-corrected chi connectivity index (χ3v) is 3.12. The van der Waals surface area contributed by atoms with Gasteiger partial charge in [0, 0.05) is 37.5 Å². The van der Waals surface area contributed by atoms with Crippen molar-refractivity contribution in [2.45, 2.75) is 18.9 Å². The number of fused-ring (bicyclic) bond motifs is 1. The van der Waals surface area contributed by atoms with Crippen molar-refractivity contribution in [2.75, 3.05) is 13.7 Å². The lowest BCUT2D eigenvalue weighted by atomic mass is 9.99. The predicted molar refractivity (Wildman–Crippen MR) is 72.9 cm³/mol. The number of nitrogens with zero attached hydrogens (tertiary/aromatic N) is 1. The Kier molecular flexibility index (Phi) is 4.64. The molecule has 2 aromatic rings. The molecule has 0 aliphatic rings. The van der Waals surface area contributed by atoms with Gasteiger partial charge in [-0.05, 0) is 23.8 Å². The first kappa shape index (κ1) is 13.0. The summed E-state index contributed by atoms with van der Waals surface area (Å²) in [6.45, 7) is 0.746. The van der Waals surface area contributed by atoms with Gasteiger partial charge in [0.1, 0.15) is 0 Å². The molecular weight excluding hydrogens is 226 g/mol. The molecule has 1 aromatic carbocycles. The first-order valence-electron chi connectivity index (χ1n) is 6.14. The Morgan fingerprint density at radius 3 is 2.94 bits per heavy atom. The highest BCUT2D eigenvalue weighted by atomic mass is 16.5. The maximum Gasteiger partial charge on any atom is 0.0482 e. The summed E-state index contributed by atoms with van der Waals surface area (Å²) in [5, 5.41) is 2.34. The van der Waals surface area contributed by atoms with Crippen LogP contribution in [0.25, 0.3) is 10.8 Å². The number of nitrogens with one attached hydrogen (secondary N) is 1. The highest BCUT2D eigenvalue weighted by Crippen LogP contribution is 2.25. The van der Waals surface area contributed by atoms with Crippen LogP contribution in [-0.4, -0.2) is 18.7 Å². The van der Waals surface area contributed by atoms with Gasteiger partial charge < -0.3 is 4.74 Å². The van der Waals surface area contributed by atoms with E-state index in [4.69, 9.17) is 10.6 Å². The van der Waals surface area contributed by atoms with Gasteiger partial charge >= 0.3 is 0 Å². The molecule has 18 heavy (non-hydrogen) atoms. The average Bonchev–Trinajstić information content (AvgIpc) is 2.43. The van der Waals surface area contributed by atoms with Gasteiger partial charge in [-0.25, -0.2) is 0 Å². The van der Waals surface area contributed by atoms with E-state index in [1.807, 2.05) is 24.5 Å². The summed E-state index contributed by atoms with van der Waals surface area (Å²) in [4.78, 5) is 4.28. The molecule has 96 valence electrons. The lowest BCUT2D eigenvalue weighted by molar-refractivity contribution is 0.189. The minimum absolute atomic E-state index is 0.110. The number of pyridine rings is 1. The van der Waals surface area contributed by atoms with E-state index in [1.165, 1.54) is 5.39 Å². The number of hydrogen-bond acceptors (Lipinski definition) is 4. The molecule has 4 heteroatoms. The van der Waals surface area contributed by atoms with Crippen molar-refractivity contribution in [3.05, 3.63) is 42.2 Å². The number of aromatic nitrogens is 1. The van der Waals surface area contributed by atoms with Crippen LogP contribution in [-0.2, 0) is 4.74 Å². The Labute approximate surface area is 107 Å². The molecule has 0 aliphatic heterocycles. The van der Waals surface area contributed by atoms with Crippen molar-refractivity contribution >= 4 is 10.8 Å². The van der Waals surface area contributed by atoms with E-state index in [1.54, 1.807) is 7.11 Å². The van der Waals surface area contributed by atoms with E-state index in [2.05, 4.69) is 22.5 Å². The second kappa shape index (κ2) is 6.44. The Balaban J connectivity index is 2.27. The topological polar surface area (TPSA) is 60.2 Å². The van der Waals surface area contributed by atoms with E-state index in [-0.39, 0.29) is 6.04 Å². The van der Waals surface area contributed by atoms with Gasteiger partial charge in [0.25, 0.3) is 0 Å². The second-order valence-electron chi connectivity index (χ2n) is 4.30. The highest BCUT2D eigenvalue weighted by molar-refractivity contribution is 5.85. The smallest absolute Gasteiger partial charge is 0.0482 e. The number of rotatable bonds is 6. The second-order valence-corrected chi connectivity index (χ2v) is 4.30. The monoisotopic (exact) mass is 245 g/mol. The van der Waals surface area contributed by atoms with E-state index in [0.29, 0.717) is 0 Å². The predicted octanol–water partition coefficient (Wildman–Crippen LogP) is 2.17. The number of hydrogen-bond donors (Lipinski definition) is 2. The molecule has 0 bridgehead atoms. The summed E-state index contributed by atoms with van der Waals surface area (Å²) in [6.07, 6.45) is 5.66.